The summed E-state index contributed by atoms with van der Waals surface area (Å²) in [5, 5.41) is 9.41. The second kappa shape index (κ2) is 9.84. The van der Waals surface area contributed by atoms with Crippen LogP contribution >= 0.6 is 0 Å². The number of benzene rings is 1. The summed E-state index contributed by atoms with van der Waals surface area (Å²) in [6.07, 6.45) is 0. The Morgan fingerprint density at radius 2 is 2.03 bits per heavy atom. The maximum Gasteiger partial charge on any atom is 0.275 e. The second-order valence-electron chi connectivity index (χ2n) is 6.06. The Hall–Kier alpha value is -3.45. The minimum absolute atomic E-state index is 0.0205. The van der Waals surface area contributed by atoms with Crippen molar-refractivity contribution in [1.82, 2.24) is 15.4 Å². The van der Waals surface area contributed by atoms with E-state index in [2.05, 4.69) is 15.5 Å². The highest BCUT2D eigenvalue weighted by molar-refractivity contribution is 7.92. The molecule has 0 saturated carbocycles. The molecular formula is C17H21FN6O5S. The molecule has 30 heavy (non-hydrogen) atoms. The number of aryl methyl sites for hydroxylation is 1. The molecule has 2 rings (SSSR count). The number of pyridine rings is 1. The van der Waals surface area contributed by atoms with E-state index in [0.717, 1.165) is 16.7 Å². The van der Waals surface area contributed by atoms with E-state index in [4.69, 9.17) is 16.0 Å². The molecular weight excluding hydrogens is 419 g/mol. The SMILES string of the molecule is Cc1ccc(NS(=O)(=O)c2cccc(F)c2)c(=O)n1CC(=O)NCCONC(=N)N. The Balaban J connectivity index is 2.10. The lowest BCUT2D eigenvalue weighted by molar-refractivity contribution is -0.122. The number of amides is 1. The Labute approximate surface area is 171 Å². The molecule has 1 aromatic carbocycles. The molecule has 0 unspecified atom stereocenters. The van der Waals surface area contributed by atoms with Gasteiger partial charge in [-0.1, -0.05) is 6.07 Å². The summed E-state index contributed by atoms with van der Waals surface area (Å²) < 4.78 is 41.4. The zero-order valence-corrected chi connectivity index (χ0v) is 16.8. The standard InChI is InChI=1S/C17H21FN6O5S/c1-11-5-6-14(23-30(27,28)13-4-2-3-12(18)9-13)16(26)24(11)10-15(25)21-7-8-29-22-17(19)20/h2-6,9,23H,7-8,10H2,1H3,(H,21,25)(H4,19,20,22). The summed E-state index contributed by atoms with van der Waals surface area (Å²) in [4.78, 5) is 29.2. The van der Waals surface area contributed by atoms with E-state index in [9.17, 15) is 22.4 Å². The molecule has 0 aliphatic carbocycles. The third kappa shape index (κ3) is 6.28. The summed E-state index contributed by atoms with van der Waals surface area (Å²) in [6, 6.07) is 7.08. The zero-order valence-electron chi connectivity index (χ0n) is 15.9. The first kappa shape index (κ1) is 22.8. The van der Waals surface area contributed by atoms with E-state index < -0.39 is 27.3 Å². The van der Waals surface area contributed by atoms with Crippen LogP contribution in [0.5, 0.6) is 0 Å². The van der Waals surface area contributed by atoms with E-state index in [-0.39, 0.29) is 36.2 Å². The molecule has 0 fully saturated rings. The summed E-state index contributed by atoms with van der Waals surface area (Å²) in [6.45, 7) is 1.32. The van der Waals surface area contributed by atoms with Crippen molar-refractivity contribution in [2.24, 2.45) is 5.73 Å². The fraction of sp³-hybridized carbons (Fsp3) is 0.235. The molecule has 1 amide bonds. The largest absolute Gasteiger partial charge is 0.368 e. The van der Waals surface area contributed by atoms with Crippen molar-refractivity contribution in [3.63, 3.8) is 0 Å². The summed E-state index contributed by atoms with van der Waals surface area (Å²) in [5.41, 5.74) is 6.53. The lowest BCUT2D eigenvalue weighted by atomic mass is 10.3. The monoisotopic (exact) mass is 440 g/mol. The first-order valence-electron chi connectivity index (χ1n) is 8.57. The van der Waals surface area contributed by atoms with Gasteiger partial charge >= 0.3 is 0 Å². The highest BCUT2D eigenvalue weighted by atomic mass is 32.2. The highest BCUT2D eigenvalue weighted by Crippen LogP contribution is 2.15. The molecule has 0 spiro atoms. The first-order valence-corrected chi connectivity index (χ1v) is 10.1. The number of guanidine groups is 1. The average Bonchev–Trinajstić information content (AvgIpc) is 2.67. The third-order valence-corrected chi connectivity index (χ3v) is 5.12. The van der Waals surface area contributed by atoms with Crippen LogP contribution in [-0.4, -0.2) is 38.0 Å². The number of nitrogens with one attached hydrogen (secondary N) is 4. The summed E-state index contributed by atoms with van der Waals surface area (Å²) in [5.74, 6) is -1.64. The maximum absolute atomic E-state index is 13.3. The van der Waals surface area contributed by atoms with Crippen LogP contribution in [0.25, 0.3) is 0 Å². The van der Waals surface area contributed by atoms with Crippen LogP contribution in [0.1, 0.15) is 5.69 Å². The predicted octanol–water partition coefficient (Wildman–Crippen LogP) is -0.373. The lowest BCUT2D eigenvalue weighted by Crippen LogP contribution is -2.37. The van der Waals surface area contributed by atoms with Gasteiger partial charge in [-0.3, -0.25) is 24.6 Å². The van der Waals surface area contributed by atoms with E-state index in [1.165, 1.54) is 24.3 Å². The minimum atomic E-state index is -4.20. The number of nitrogens with two attached hydrogens (primary N) is 1. The Morgan fingerprint density at radius 3 is 2.70 bits per heavy atom. The number of carbonyl (C=O) groups excluding carboxylic acids is 1. The highest BCUT2D eigenvalue weighted by Gasteiger charge is 2.18. The molecule has 11 nitrogen and oxygen atoms in total. The van der Waals surface area contributed by atoms with E-state index in [0.29, 0.717) is 5.69 Å². The van der Waals surface area contributed by atoms with Gasteiger partial charge in [0.05, 0.1) is 11.5 Å². The van der Waals surface area contributed by atoms with Crippen molar-refractivity contribution in [1.29, 1.82) is 5.41 Å². The van der Waals surface area contributed by atoms with Crippen LogP contribution in [0.15, 0.2) is 46.1 Å². The van der Waals surface area contributed by atoms with Gasteiger partial charge in [0, 0.05) is 12.2 Å². The van der Waals surface area contributed by atoms with Crippen LogP contribution in [0.4, 0.5) is 10.1 Å². The fourth-order valence-electron chi connectivity index (χ4n) is 2.35. The van der Waals surface area contributed by atoms with Crippen molar-refractivity contribution < 1.29 is 22.4 Å². The topological polar surface area (TPSA) is 168 Å². The number of nitrogens with zero attached hydrogens (tertiary/aromatic N) is 1. The van der Waals surface area contributed by atoms with E-state index in [1.54, 1.807) is 6.92 Å². The molecule has 0 bridgehead atoms. The molecule has 6 N–H and O–H groups in total. The molecule has 1 aromatic heterocycles. The third-order valence-electron chi connectivity index (χ3n) is 3.75. The van der Waals surface area contributed by atoms with Gasteiger partial charge in [0.1, 0.15) is 18.0 Å². The van der Waals surface area contributed by atoms with Crippen LogP contribution in [0, 0.1) is 18.2 Å². The van der Waals surface area contributed by atoms with Crippen molar-refractivity contribution in [2.45, 2.75) is 18.4 Å². The fourth-order valence-corrected chi connectivity index (χ4v) is 3.44. The van der Waals surface area contributed by atoms with Gasteiger partial charge in [-0.15, -0.1) is 0 Å². The van der Waals surface area contributed by atoms with Gasteiger partial charge in [0.15, 0.2) is 0 Å². The van der Waals surface area contributed by atoms with Crippen molar-refractivity contribution >= 4 is 27.6 Å². The Bertz CT molecular complexity index is 1100. The number of carbonyl (C=O) groups is 1. The molecule has 2 aromatic rings. The van der Waals surface area contributed by atoms with Crippen LogP contribution in [0.3, 0.4) is 0 Å². The van der Waals surface area contributed by atoms with Gasteiger partial charge in [-0.05, 0) is 37.3 Å². The minimum Gasteiger partial charge on any atom is -0.368 e. The second-order valence-corrected chi connectivity index (χ2v) is 7.74. The lowest BCUT2D eigenvalue weighted by Gasteiger charge is -2.13. The van der Waals surface area contributed by atoms with Crippen LogP contribution in [-0.2, 0) is 26.2 Å². The molecule has 1 heterocycles. The van der Waals surface area contributed by atoms with Crippen molar-refractivity contribution in [2.75, 3.05) is 17.9 Å². The molecule has 162 valence electrons. The van der Waals surface area contributed by atoms with E-state index in [1.807, 2.05) is 0 Å². The van der Waals surface area contributed by atoms with Crippen LogP contribution in [0.2, 0.25) is 0 Å². The van der Waals surface area contributed by atoms with Gasteiger partial charge in [-0.25, -0.2) is 18.3 Å². The zero-order chi connectivity index (χ0) is 22.3. The normalized spacial score (nSPS) is 11.0. The van der Waals surface area contributed by atoms with E-state index >= 15 is 0 Å². The van der Waals surface area contributed by atoms with Crippen LogP contribution < -0.4 is 26.8 Å². The summed E-state index contributed by atoms with van der Waals surface area (Å²) in [7, 11) is -4.20. The molecule has 13 heteroatoms. The number of hydrogen-bond acceptors (Lipinski definition) is 6. The first-order chi connectivity index (χ1) is 14.1. The van der Waals surface area contributed by atoms with Crippen molar-refractivity contribution in [3.8, 4) is 0 Å². The number of sulfonamides is 1. The quantitative estimate of drug-likeness (QED) is 0.153. The number of aromatic nitrogens is 1. The molecule has 0 aliphatic rings. The smallest absolute Gasteiger partial charge is 0.275 e. The van der Waals surface area contributed by atoms with Crippen molar-refractivity contribution in [3.05, 3.63) is 58.3 Å². The number of hydroxylamine groups is 1. The summed E-state index contributed by atoms with van der Waals surface area (Å²) >= 11 is 0. The predicted molar refractivity (Wildman–Crippen MR) is 107 cm³/mol. The number of halogens is 1. The number of anilines is 1. The van der Waals surface area contributed by atoms with Gasteiger partial charge in [-0.2, -0.15) is 0 Å². The average molecular weight is 440 g/mol. The molecule has 0 radical (unpaired) electrons. The molecule has 0 saturated heterocycles. The van der Waals surface area contributed by atoms with Gasteiger partial charge < -0.3 is 15.6 Å². The number of rotatable bonds is 9. The van der Waals surface area contributed by atoms with Gasteiger partial charge in [0.2, 0.25) is 11.9 Å². The Morgan fingerprint density at radius 1 is 1.30 bits per heavy atom. The Kier molecular flexibility index (Phi) is 7.49. The maximum atomic E-state index is 13.3. The molecule has 0 atom stereocenters. The van der Waals surface area contributed by atoms with Gasteiger partial charge in [0.25, 0.3) is 15.6 Å². The molecule has 0 aliphatic heterocycles. The number of hydrogen-bond donors (Lipinski definition) is 5.